The van der Waals surface area contributed by atoms with Crippen LogP contribution in [-0.4, -0.2) is 39.2 Å². The van der Waals surface area contributed by atoms with Crippen LogP contribution >= 0.6 is 0 Å². The van der Waals surface area contributed by atoms with Gasteiger partial charge in [-0.05, 0) is 17.6 Å². The summed E-state index contributed by atoms with van der Waals surface area (Å²) in [5.41, 5.74) is 1.18. The Morgan fingerprint density at radius 1 is 0.958 bits per heavy atom. The molecular weight excluding hydrogens is 312 g/mol. The monoisotopic (exact) mass is 336 g/mol. The zero-order valence-electron chi connectivity index (χ0n) is 15.0. The summed E-state index contributed by atoms with van der Waals surface area (Å²) in [6.07, 6.45) is 3.11. The number of ether oxygens (including phenoxy) is 3. The SMILES string of the molecule is COC(=O)C#CCC(CC=C=CC(C)(C)C)(C(=O)OC)C(=O)OC. The number of hydrogen-bond acceptors (Lipinski definition) is 6. The molecule has 6 heteroatoms. The first-order valence-electron chi connectivity index (χ1n) is 7.28. The third-order valence-electron chi connectivity index (χ3n) is 3.00. The summed E-state index contributed by atoms with van der Waals surface area (Å²) in [6.45, 7) is 5.97. The van der Waals surface area contributed by atoms with Crippen LogP contribution in [0.4, 0.5) is 0 Å². The molecule has 0 aromatic heterocycles. The fourth-order valence-electron chi connectivity index (χ4n) is 1.72. The lowest BCUT2D eigenvalue weighted by atomic mass is 9.81. The zero-order chi connectivity index (χ0) is 18.8. The summed E-state index contributed by atoms with van der Waals surface area (Å²) in [7, 11) is 3.52. The Morgan fingerprint density at radius 3 is 1.92 bits per heavy atom. The zero-order valence-corrected chi connectivity index (χ0v) is 15.0. The van der Waals surface area contributed by atoms with Gasteiger partial charge >= 0.3 is 17.9 Å². The molecule has 0 saturated heterocycles. The predicted octanol–water partition coefficient (Wildman–Crippen LogP) is 2.03. The van der Waals surface area contributed by atoms with Crippen molar-refractivity contribution >= 4 is 17.9 Å². The molecule has 0 fully saturated rings. The van der Waals surface area contributed by atoms with E-state index in [1.165, 1.54) is 21.3 Å². The average molecular weight is 336 g/mol. The second kappa shape index (κ2) is 9.59. The topological polar surface area (TPSA) is 78.9 Å². The van der Waals surface area contributed by atoms with E-state index in [-0.39, 0.29) is 18.3 Å². The van der Waals surface area contributed by atoms with Crippen LogP contribution in [0.2, 0.25) is 0 Å². The highest BCUT2D eigenvalue weighted by molar-refractivity contribution is 6.00. The molecule has 0 unspecified atom stereocenters. The van der Waals surface area contributed by atoms with E-state index in [1.54, 1.807) is 6.08 Å². The maximum atomic E-state index is 12.2. The normalized spacial score (nSPS) is 10.4. The van der Waals surface area contributed by atoms with Crippen molar-refractivity contribution in [2.75, 3.05) is 21.3 Å². The van der Waals surface area contributed by atoms with Gasteiger partial charge in [-0.15, -0.1) is 5.73 Å². The average Bonchev–Trinajstić information content (AvgIpc) is 2.54. The van der Waals surface area contributed by atoms with Gasteiger partial charge in [-0.3, -0.25) is 9.59 Å². The highest BCUT2D eigenvalue weighted by Crippen LogP contribution is 2.30. The number of carbonyl (C=O) groups is 3. The van der Waals surface area contributed by atoms with Crippen molar-refractivity contribution in [2.45, 2.75) is 33.6 Å². The largest absolute Gasteiger partial charge is 0.468 e. The Kier molecular flexibility index (Phi) is 8.59. The van der Waals surface area contributed by atoms with Crippen molar-refractivity contribution in [3.05, 3.63) is 17.9 Å². The quantitative estimate of drug-likeness (QED) is 0.191. The van der Waals surface area contributed by atoms with Crippen molar-refractivity contribution in [3.63, 3.8) is 0 Å². The Bertz CT molecular complexity index is 575. The van der Waals surface area contributed by atoms with Crippen LogP contribution in [0.5, 0.6) is 0 Å². The maximum Gasteiger partial charge on any atom is 0.384 e. The molecular formula is C18H24O6. The molecule has 0 aliphatic carbocycles. The van der Waals surface area contributed by atoms with Gasteiger partial charge in [0.25, 0.3) is 0 Å². The molecule has 132 valence electrons. The van der Waals surface area contributed by atoms with E-state index >= 15 is 0 Å². The first-order valence-corrected chi connectivity index (χ1v) is 7.28. The summed E-state index contributed by atoms with van der Waals surface area (Å²) in [4.78, 5) is 35.5. The van der Waals surface area contributed by atoms with Crippen LogP contribution < -0.4 is 0 Å². The fourth-order valence-corrected chi connectivity index (χ4v) is 1.72. The van der Waals surface area contributed by atoms with E-state index in [0.717, 1.165) is 0 Å². The molecule has 0 amide bonds. The van der Waals surface area contributed by atoms with Gasteiger partial charge in [-0.2, -0.15) is 0 Å². The molecule has 24 heavy (non-hydrogen) atoms. The fraction of sp³-hybridized carbons (Fsp3) is 0.556. The van der Waals surface area contributed by atoms with E-state index in [4.69, 9.17) is 9.47 Å². The van der Waals surface area contributed by atoms with Gasteiger partial charge in [0.05, 0.1) is 21.3 Å². The minimum Gasteiger partial charge on any atom is -0.468 e. The third-order valence-corrected chi connectivity index (χ3v) is 3.00. The van der Waals surface area contributed by atoms with Crippen molar-refractivity contribution in [2.24, 2.45) is 10.8 Å². The smallest absolute Gasteiger partial charge is 0.384 e. The maximum absolute atomic E-state index is 12.2. The molecule has 0 aromatic carbocycles. The van der Waals surface area contributed by atoms with Crippen LogP contribution in [0.15, 0.2) is 17.9 Å². The summed E-state index contributed by atoms with van der Waals surface area (Å²) in [5, 5.41) is 0. The van der Waals surface area contributed by atoms with Gasteiger partial charge in [0.15, 0.2) is 5.41 Å². The Hall–Kier alpha value is -2.51. The molecule has 0 N–H and O–H groups in total. The Labute approximate surface area is 142 Å². The van der Waals surface area contributed by atoms with Crippen molar-refractivity contribution in [1.29, 1.82) is 0 Å². The van der Waals surface area contributed by atoms with E-state index < -0.39 is 23.3 Å². The molecule has 6 nitrogen and oxygen atoms in total. The van der Waals surface area contributed by atoms with Crippen LogP contribution in [0, 0.1) is 22.7 Å². The molecule has 0 aliphatic heterocycles. The van der Waals surface area contributed by atoms with Crippen molar-refractivity contribution in [3.8, 4) is 11.8 Å². The number of methoxy groups -OCH3 is 3. The number of esters is 3. The summed E-state index contributed by atoms with van der Waals surface area (Å²) >= 11 is 0. The lowest BCUT2D eigenvalue weighted by Crippen LogP contribution is -2.40. The van der Waals surface area contributed by atoms with E-state index in [0.29, 0.717) is 0 Å². The molecule has 0 radical (unpaired) electrons. The second-order valence-corrected chi connectivity index (χ2v) is 6.12. The van der Waals surface area contributed by atoms with Gasteiger partial charge in [0.2, 0.25) is 0 Å². The highest BCUT2D eigenvalue weighted by Gasteiger charge is 2.47. The Balaban J connectivity index is 5.71. The van der Waals surface area contributed by atoms with E-state index in [2.05, 4.69) is 22.3 Å². The van der Waals surface area contributed by atoms with Crippen LogP contribution in [-0.2, 0) is 28.6 Å². The number of hydrogen-bond donors (Lipinski definition) is 0. The van der Waals surface area contributed by atoms with Gasteiger partial charge in [0.1, 0.15) is 0 Å². The standard InChI is InChI=1S/C18H24O6/c1-17(2,3)11-7-8-12-18(15(20)23-5,16(21)24-6)13-9-10-14(19)22-4/h8,11H,12-13H2,1-6H3. The first-order chi connectivity index (χ1) is 11.1. The number of carbonyl (C=O) groups excluding carboxylic acids is 3. The number of rotatable bonds is 5. The summed E-state index contributed by atoms with van der Waals surface area (Å²) < 4.78 is 13.9. The lowest BCUT2D eigenvalue weighted by molar-refractivity contribution is -0.168. The summed E-state index contributed by atoms with van der Waals surface area (Å²) in [6, 6.07) is 0. The van der Waals surface area contributed by atoms with E-state index in [9.17, 15) is 14.4 Å². The first kappa shape index (κ1) is 21.5. The van der Waals surface area contributed by atoms with Gasteiger partial charge in [0, 0.05) is 18.8 Å². The lowest BCUT2D eigenvalue weighted by Gasteiger charge is -2.24. The molecule has 0 saturated carbocycles. The summed E-state index contributed by atoms with van der Waals surface area (Å²) in [5.74, 6) is 2.33. The molecule has 0 bridgehead atoms. The molecule has 0 aromatic rings. The van der Waals surface area contributed by atoms with Gasteiger partial charge < -0.3 is 14.2 Å². The van der Waals surface area contributed by atoms with Crippen molar-refractivity contribution < 1.29 is 28.6 Å². The minimum absolute atomic E-state index is 0.0191. The predicted molar refractivity (Wildman–Crippen MR) is 87.6 cm³/mol. The highest BCUT2D eigenvalue weighted by atomic mass is 16.5. The van der Waals surface area contributed by atoms with Gasteiger partial charge in [-0.1, -0.05) is 26.7 Å². The molecule has 0 atom stereocenters. The van der Waals surface area contributed by atoms with Gasteiger partial charge in [-0.25, -0.2) is 4.79 Å². The van der Waals surface area contributed by atoms with Crippen LogP contribution in [0.25, 0.3) is 0 Å². The molecule has 0 heterocycles. The molecule has 0 rings (SSSR count). The van der Waals surface area contributed by atoms with E-state index in [1.807, 2.05) is 26.8 Å². The number of allylic oxidation sites excluding steroid dienone is 1. The van der Waals surface area contributed by atoms with Crippen LogP contribution in [0.3, 0.4) is 0 Å². The molecule has 0 spiro atoms. The Morgan fingerprint density at radius 2 is 1.50 bits per heavy atom. The minimum atomic E-state index is -1.66. The molecule has 0 aliphatic rings. The van der Waals surface area contributed by atoms with Crippen molar-refractivity contribution in [1.82, 2.24) is 0 Å². The third kappa shape index (κ3) is 6.72. The van der Waals surface area contributed by atoms with Crippen LogP contribution in [0.1, 0.15) is 33.6 Å². The second-order valence-electron chi connectivity index (χ2n) is 6.12.